The van der Waals surface area contributed by atoms with Gasteiger partial charge < -0.3 is 21.7 Å². The third kappa shape index (κ3) is 7.16. The molecule has 0 bridgehead atoms. The smallest absolute Gasteiger partial charge is 0.382 e. The minimum absolute atomic E-state index is 0.0579. The molecule has 1 saturated heterocycles. The van der Waals surface area contributed by atoms with Crippen LogP contribution in [0.3, 0.4) is 0 Å². The molecule has 1 aliphatic rings. The number of nitrogens with two attached hydrogens (primary N) is 1. The summed E-state index contributed by atoms with van der Waals surface area (Å²) >= 11 is 0. The van der Waals surface area contributed by atoms with E-state index in [-0.39, 0.29) is 23.6 Å². The van der Waals surface area contributed by atoms with E-state index >= 15 is 0 Å². The number of hydrogen-bond acceptors (Lipinski definition) is 8. The van der Waals surface area contributed by atoms with Crippen molar-refractivity contribution in [2.24, 2.45) is 0 Å². The number of nitrogen functional groups attached to an aromatic ring is 1. The molecular formula is C29H28F4N8O. The molecule has 4 heterocycles. The van der Waals surface area contributed by atoms with Crippen molar-refractivity contribution in [3.8, 4) is 11.4 Å². The lowest BCUT2D eigenvalue weighted by atomic mass is 10.1. The number of aromatic nitrogens is 4. The third-order valence-corrected chi connectivity index (χ3v) is 6.88. The third-order valence-electron chi connectivity index (χ3n) is 6.88. The summed E-state index contributed by atoms with van der Waals surface area (Å²) in [5.74, 6) is -1.02. The van der Waals surface area contributed by atoms with Crippen molar-refractivity contribution in [2.45, 2.75) is 44.4 Å². The molecule has 1 aliphatic heterocycles. The van der Waals surface area contributed by atoms with Crippen LogP contribution in [0.2, 0.25) is 0 Å². The van der Waals surface area contributed by atoms with Crippen LogP contribution < -0.4 is 21.7 Å². The van der Waals surface area contributed by atoms with E-state index in [1.165, 1.54) is 12.1 Å². The van der Waals surface area contributed by atoms with Gasteiger partial charge in [0.05, 0.1) is 28.7 Å². The van der Waals surface area contributed by atoms with E-state index in [0.29, 0.717) is 47.1 Å². The molecule has 218 valence electrons. The molecule has 9 nitrogen and oxygen atoms in total. The Morgan fingerprint density at radius 2 is 1.83 bits per heavy atom. The molecule has 0 spiro atoms. The number of nitrogens with zero attached hydrogens (tertiary/aromatic N) is 4. The zero-order valence-corrected chi connectivity index (χ0v) is 22.4. The second-order valence-electron chi connectivity index (χ2n) is 9.90. The Labute approximate surface area is 239 Å². The summed E-state index contributed by atoms with van der Waals surface area (Å²) in [6.07, 6.45) is 3.01. The molecule has 1 fully saturated rings. The van der Waals surface area contributed by atoms with E-state index in [1.54, 1.807) is 24.5 Å². The fraction of sp³-hybridized carbons (Fsp3) is 0.276. The molecule has 0 radical (unpaired) electrons. The molecule has 1 aromatic carbocycles. The van der Waals surface area contributed by atoms with Gasteiger partial charge in [0.1, 0.15) is 23.1 Å². The van der Waals surface area contributed by atoms with Gasteiger partial charge >= 0.3 is 6.18 Å². The topological polar surface area (TPSA) is 131 Å². The van der Waals surface area contributed by atoms with Crippen LogP contribution in [0.4, 0.5) is 34.9 Å². The summed E-state index contributed by atoms with van der Waals surface area (Å²) in [5.41, 5.74) is 7.42. The van der Waals surface area contributed by atoms with Crippen molar-refractivity contribution >= 4 is 23.2 Å². The maximum absolute atomic E-state index is 13.4. The first-order valence-corrected chi connectivity index (χ1v) is 13.3. The number of halogens is 4. The van der Waals surface area contributed by atoms with Gasteiger partial charge in [0.15, 0.2) is 0 Å². The average Bonchev–Trinajstić information content (AvgIpc) is 3.50. The van der Waals surface area contributed by atoms with Crippen LogP contribution in [0.25, 0.3) is 11.4 Å². The molecule has 13 heteroatoms. The van der Waals surface area contributed by atoms with Crippen molar-refractivity contribution in [1.29, 1.82) is 0 Å². The lowest BCUT2D eigenvalue weighted by Gasteiger charge is -2.14. The molecule has 0 aliphatic carbocycles. The Morgan fingerprint density at radius 1 is 1.02 bits per heavy atom. The zero-order chi connectivity index (χ0) is 29.7. The van der Waals surface area contributed by atoms with Crippen LogP contribution in [-0.4, -0.2) is 38.4 Å². The SMILES string of the molecule is Nc1ncc(-c2ccc(CNc3ncc(C(F)(F)F)cc3C(=O)Nc3ccc(F)cc3)cn2)nc1CC[C@@H]1CCCN1. The fourth-order valence-corrected chi connectivity index (χ4v) is 4.59. The molecule has 42 heavy (non-hydrogen) atoms. The second kappa shape index (κ2) is 12.5. The van der Waals surface area contributed by atoms with Gasteiger partial charge in [-0.2, -0.15) is 13.2 Å². The Balaban J connectivity index is 1.29. The molecule has 5 N–H and O–H groups in total. The first kappa shape index (κ1) is 28.9. The Kier molecular flexibility index (Phi) is 8.57. The molecule has 5 rings (SSSR count). The number of hydrogen-bond donors (Lipinski definition) is 4. The van der Waals surface area contributed by atoms with Gasteiger partial charge in [0.25, 0.3) is 5.91 Å². The largest absolute Gasteiger partial charge is 0.417 e. The maximum atomic E-state index is 13.4. The van der Waals surface area contributed by atoms with Crippen molar-refractivity contribution in [1.82, 2.24) is 25.3 Å². The van der Waals surface area contributed by atoms with Crippen molar-refractivity contribution in [3.63, 3.8) is 0 Å². The monoisotopic (exact) mass is 580 g/mol. The highest BCUT2D eigenvalue weighted by atomic mass is 19.4. The maximum Gasteiger partial charge on any atom is 0.417 e. The van der Waals surface area contributed by atoms with E-state index in [1.807, 2.05) is 0 Å². The fourth-order valence-electron chi connectivity index (χ4n) is 4.59. The van der Waals surface area contributed by atoms with Gasteiger partial charge in [-0.3, -0.25) is 9.78 Å². The second-order valence-corrected chi connectivity index (χ2v) is 9.90. The summed E-state index contributed by atoms with van der Waals surface area (Å²) in [6.45, 7) is 1.14. The molecule has 0 unspecified atom stereocenters. The number of benzene rings is 1. The zero-order valence-electron chi connectivity index (χ0n) is 22.4. The highest BCUT2D eigenvalue weighted by Gasteiger charge is 2.32. The molecular weight excluding hydrogens is 552 g/mol. The quantitative estimate of drug-likeness (QED) is 0.198. The summed E-state index contributed by atoms with van der Waals surface area (Å²) in [6, 6.07) is 9.55. The summed E-state index contributed by atoms with van der Waals surface area (Å²) in [7, 11) is 0. The molecule has 1 amide bonds. The van der Waals surface area contributed by atoms with E-state index in [2.05, 4.69) is 35.9 Å². The van der Waals surface area contributed by atoms with E-state index in [4.69, 9.17) is 5.73 Å². The standard InChI is InChI=1S/C29H28F4N8O/c30-19-4-6-21(7-5-19)40-28(42)22-12-18(29(31,32)33)15-39-27(22)38-14-17-3-9-23(36-13-17)25-16-37-26(34)24(41-25)10-8-20-2-1-11-35-20/h3-7,9,12-13,15-16,20,35H,1-2,8,10-11,14H2,(H2,34,37)(H,38,39)(H,40,42)/t20-/m0/s1. The average molecular weight is 581 g/mol. The van der Waals surface area contributed by atoms with Gasteiger partial charge in [-0.1, -0.05) is 6.07 Å². The van der Waals surface area contributed by atoms with Crippen molar-refractivity contribution < 1.29 is 22.4 Å². The number of aryl methyl sites for hydroxylation is 1. The summed E-state index contributed by atoms with van der Waals surface area (Å²) in [5, 5.41) is 8.84. The van der Waals surface area contributed by atoms with E-state index in [0.717, 1.165) is 44.0 Å². The lowest BCUT2D eigenvalue weighted by Crippen LogP contribution is -2.22. The summed E-state index contributed by atoms with van der Waals surface area (Å²) in [4.78, 5) is 30.2. The van der Waals surface area contributed by atoms with Gasteiger partial charge in [-0.15, -0.1) is 0 Å². The number of alkyl halides is 3. The van der Waals surface area contributed by atoms with Gasteiger partial charge in [-0.05, 0) is 74.2 Å². The minimum atomic E-state index is -4.70. The van der Waals surface area contributed by atoms with Gasteiger partial charge in [0.2, 0.25) is 0 Å². The van der Waals surface area contributed by atoms with Gasteiger partial charge in [0, 0.05) is 30.7 Å². The summed E-state index contributed by atoms with van der Waals surface area (Å²) < 4.78 is 53.3. The predicted octanol–water partition coefficient (Wildman–Crippen LogP) is 5.22. The number of carbonyl (C=O) groups is 1. The number of nitrogens with one attached hydrogen (secondary N) is 3. The van der Waals surface area contributed by atoms with Crippen LogP contribution >= 0.6 is 0 Å². The van der Waals surface area contributed by atoms with Crippen LogP contribution in [0.15, 0.2) is 61.1 Å². The minimum Gasteiger partial charge on any atom is -0.382 e. The first-order valence-electron chi connectivity index (χ1n) is 13.3. The van der Waals surface area contributed by atoms with Crippen LogP contribution in [0.5, 0.6) is 0 Å². The highest BCUT2D eigenvalue weighted by molar-refractivity contribution is 6.07. The number of amides is 1. The van der Waals surface area contributed by atoms with Gasteiger partial charge in [-0.25, -0.2) is 19.3 Å². The van der Waals surface area contributed by atoms with E-state index in [9.17, 15) is 22.4 Å². The number of rotatable bonds is 9. The van der Waals surface area contributed by atoms with Crippen LogP contribution in [-0.2, 0) is 19.1 Å². The van der Waals surface area contributed by atoms with E-state index < -0.39 is 23.5 Å². The predicted molar refractivity (Wildman–Crippen MR) is 150 cm³/mol. The molecule has 3 aromatic heterocycles. The normalized spacial score (nSPS) is 15.0. The highest BCUT2D eigenvalue weighted by Crippen LogP contribution is 2.31. The Morgan fingerprint density at radius 3 is 2.52 bits per heavy atom. The van der Waals surface area contributed by atoms with Crippen LogP contribution in [0.1, 0.15) is 46.4 Å². The first-order chi connectivity index (χ1) is 20.2. The molecule has 1 atom stereocenters. The molecule has 4 aromatic rings. The van der Waals surface area contributed by atoms with Crippen LogP contribution in [0, 0.1) is 5.82 Å². The number of pyridine rings is 2. The number of anilines is 3. The molecule has 0 saturated carbocycles. The Bertz CT molecular complexity index is 1540. The van der Waals surface area contributed by atoms with Crippen molar-refractivity contribution in [3.05, 3.63) is 89.3 Å². The Hall–Kier alpha value is -4.65. The van der Waals surface area contributed by atoms with Crippen molar-refractivity contribution in [2.75, 3.05) is 22.9 Å². The number of carbonyl (C=O) groups excluding carboxylic acids is 1. The lowest BCUT2D eigenvalue weighted by molar-refractivity contribution is -0.137.